The van der Waals surface area contributed by atoms with Gasteiger partial charge >= 0.3 is 11.9 Å². The fraction of sp³-hybridized carbons (Fsp3) is 0.500. The van der Waals surface area contributed by atoms with Crippen molar-refractivity contribution < 1.29 is 19.1 Å². The zero-order valence-electron chi connectivity index (χ0n) is 10.3. The molecule has 0 saturated heterocycles. The number of rotatable bonds is 5. The van der Waals surface area contributed by atoms with E-state index in [2.05, 4.69) is 4.98 Å². The third-order valence-electron chi connectivity index (χ3n) is 2.29. The second-order valence-electron chi connectivity index (χ2n) is 3.35. The lowest BCUT2D eigenvalue weighted by molar-refractivity contribution is 0.0479. The number of carbonyl (C=O) groups excluding carboxylic acids is 2. The van der Waals surface area contributed by atoms with Gasteiger partial charge in [0.1, 0.15) is 0 Å². The number of H-pyrrole nitrogens is 1. The van der Waals surface area contributed by atoms with Gasteiger partial charge in [0, 0.05) is 11.9 Å². The highest BCUT2D eigenvalue weighted by Gasteiger charge is 2.24. The maximum Gasteiger partial charge on any atom is 0.340 e. The lowest BCUT2D eigenvalue weighted by Crippen LogP contribution is -2.13. The molecule has 1 heterocycles. The van der Waals surface area contributed by atoms with Gasteiger partial charge < -0.3 is 14.5 Å². The van der Waals surface area contributed by atoms with Gasteiger partial charge in [-0.05, 0) is 20.3 Å². The molecule has 0 aliphatic rings. The largest absolute Gasteiger partial charge is 0.462 e. The quantitative estimate of drug-likeness (QED) is 0.797. The van der Waals surface area contributed by atoms with Crippen LogP contribution in [0.1, 0.15) is 47.2 Å². The first-order valence-corrected chi connectivity index (χ1v) is 5.70. The van der Waals surface area contributed by atoms with Crippen molar-refractivity contribution in [1.82, 2.24) is 4.98 Å². The molecule has 1 aromatic rings. The van der Waals surface area contributed by atoms with Gasteiger partial charge in [0.05, 0.1) is 24.3 Å². The van der Waals surface area contributed by atoms with Crippen LogP contribution >= 0.6 is 0 Å². The number of ether oxygens (including phenoxy) is 2. The van der Waals surface area contributed by atoms with Gasteiger partial charge in [0.15, 0.2) is 0 Å². The first kappa shape index (κ1) is 13.3. The number of aromatic amines is 1. The summed E-state index contributed by atoms with van der Waals surface area (Å²) in [4.78, 5) is 26.3. The molecule has 1 rings (SSSR count). The first-order chi connectivity index (χ1) is 8.15. The van der Waals surface area contributed by atoms with E-state index in [4.69, 9.17) is 9.47 Å². The number of esters is 2. The van der Waals surface area contributed by atoms with Crippen LogP contribution in [0.5, 0.6) is 0 Å². The second-order valence-corrected chi connectivity index (χ2v) is 3.35. The van der Waals surface area contributed by atoms with E-state index in [9.17, 15) is 9.59 Å². The standard InChI is InChI=1S/C12H17NO4/c1-4-9-10(12(15)17-6-3)8(7-13-9)11(14)16-5-2/h7,13H,4-6H2,1-3H3. The van der Waals surface area contributed by atoms with E-state index in [-0.39, 0.29) is 24.3 Å². The van der Waals surface area contributed by atoms with Crippen LogP contribution in [-0.2, 0) is 15.9 Å². The topological polar surface area (TPSA) is 68.4 Å². The van der Waals surface area contributed by atoms with Gasteiger partial charge in [-0.15, -0.1) is 0 Å². The molecule has 17 heavy (non-hydrogen) atoms. The maximum absolute atomic E-state index is 11.8. The Morgan fingerprint density at radius 2 is 1.71 bits per heavy atom. The van der Waals surface area contributed by atoms with Crippen LogP contribution in [0, 0.1) is 0 Å². The lowest BCUT2D eigenvalue weighted by atomic mass is 10.1. The van der Waals surface area contributed by atoms with Gasteiger partial charge in [0.2, 0.25) is 0 Å². The Morgan fingerprint density at radius 3 is 2.24 bits per heavy atom. The van der Waals surface area contributed by atoms with E-state index in [0.29, 0.717) is 12.1 Å². The molecule has 1 aromatic heterocycles. The molecule has 0 aliphatic carbocycles. The van der Waals surface area contributed by atoms with Crippen LogP contribution in [0.15, 0.2) is 6.20 Å². The Kier molecular flexibility index (Phi) is 4.75. The minimum atomic E-state index is -0.508. The minimum absolute atomic E-state index is 0.238. The van der Waals surface area contributed by atoms with E-state index in [0.717, 1.165) is 0 Å². The lowest BCUT2D eigenvalue weighted by Gasteiger charge is -2.05. The van der Waals surface area contributed by atoms with Crippen LogP contribution in [0.3, 0.4) is 0 Å². The molecule has 0 atom stereocenters. The molecule has 0 unspecified atom stereocenters. The summed E-state index contributed by atoms with van der Waals surface area (Å²) in [6.45, 7) is 5.88. The average Bonchev–Trinajstić information content (AvgIpc) is 2.73. The van der Waals surface area contributed by atoms with Gasteiger partial charge in [0.25, 0.3) is 0 Å². The second kappa shape index (κ2) is 6.08. The molecule has 0 radical (unpaired) electrons. The molecule has 0 amide bonds. The van der Waals surface area contributed by atoms with Crippen LogP contribution in [-0.4, -0.2) is 30.1 Å². The Bertz CT molecular complexity index is 409. The summed E-state index contributed by atoms with van der Waals surface area (Å²) in [5.41, 5.74) is 1.21. The number of carbonyl (C=O) groups is 2. The fourth-order valence-corrected chi connectivity index (χ4v) is 1.55. The third-order valence-corrected chi connectivity index (χ3v) is 2.29. The Hall–Kier alpha value is -1.78. The van der Waals surface area contributed by atoms with E-state index < -0.39 is 11.9 Å². The van der Waals surface area contributed by atoms with E-state index in [1.807, 2.05) is 6.92 Å². The van der Waals surface area contributed by atoms with Crippen LogP contribution in [0.2, 0.25) is 0 Å². The summed E-state index contributed by atoms with van der Waals surface area (Å²) in [5, 5.41) is 0. The summed E-state index contributed by atoms with van der Waals surface area (Å²) in [6, 6.07) is 0. The summed E-state index contributed by atoms with van der Waals surface area (Å²) in [7, 11) is 0. The van der Waals surface area contributed by atoms with Gasteiger partial charge in [-0.3, -0.25) is 0 Å². The van der Waals surface area contributed by atoms with Crippen molar-refractivity contribution in [3.63, 3.8) is 0 Å². The van der Waals surface area contributed by atoms with E-state index >= 15 is 0 Å². The normalized spacial score (nSPS) is 10.1. The summed E-state index contributed by atoms with van der Waals surface area (Å²) in [5.74, 6) is -1.000. The van der Waals surface area contributed by atoms with Crippen molar-refractivity contribution in [2.24, 2.45) is 0 Å². The van der Waals surface area contributed by atoms with Crippen LogP contribution in [0.4, 0.5) is 0 Å². The fourth-order valence-electron chi connectivity index (χ4n) is 1.55. The number of hydrogen-bond acceptors (Lipinski definition) is 4. The number of aryl methyl sites for hydroxylation is 1. The monoisotopic (exact) mass is 239 g/mol. The average molecular weight is 239 g/mol. The van der Waals surface area contributed by atoms with Crippen molar-refractivity contribution in [2.45, 2.75) is 27.2 Å². The molecule has 1 N–H and O–H groups in total. The Morgan fingerprint density at radius 1 is 1.12 bits per heavy atom. The number of nitrogens with one attached hydrogen (secondary N) is 1. The SMILES string of the molecule is CCOC(=O)c1c[nH]c(CC)c1C(=O)OCC. The molecule has 0 bridgehead atoms. The first-order valence-electron chi connectivity index (χ1n) is 5.70. The molecule has 94 valence electrons. The van der Waals surface area contributed by atoms with Crippen molar-refractivity contribution in [3.05, 3.63) is 23.0 Å². The molecular formula is C12H17NO4. The highest BCUT2D eigenvalue weighted by atomic mass is 16.5. The highest BCUT2D eigenvalue weighted by Crippen LogP contribution is 2.17. The molecule has 5 nitrogen and oxygen atoms in total. The Labute approximate surface area is 100 Å². The summed E-state index contributed by atoms with van der Waals surface area (Å²) in [6.07, 6.45) is 2.11. The zero-order chi connectivity index (χ0) is 12.8. The zero-order valence-corrected chi connectivity index (χ0v) is 10.3. The van der Waals surface area contributed by atoms with Crippen LogP contribution < -0.4 is 0 Å². The molecule has 0 fully saturated rings. The van der Waals surface area contributed by atoms with Gasteiger partial charge in [-0.1, -0.05) is 6.92 Å². The summed E-state index contributed by atoms with van der Waals surface area (Å²) < 4.78 is 9.82. The Balaban J connectivity index is 3.09. The number of hydrogen-bond donors (Lipinski definition) is 1. The molecule has 0 aliphatic heterocycles. The molecule has 5 heteroatoms. The van der Waals surface area contributed by atoms with Crippen molar-refractivity contribution in [2.75, 3.05) is 13.2 Å². The molecular weight excluding hydrogens is 222 g/mol. The van der Waals surface area contributed by atoms with Crippen molar-refractivity contribution >= 4 is 11.9 Å². The number of aromatic nitrogens is 1. The van der Waals surface area contributed by atoms with Crippen molar-refractivity contribution in [1.29, 1.82) is 0 Å². The molecule has 0 spiro atoms. The van der Waals surface area contributed by atoms with E-state index in [1.54, 1.807) is 13.8 Å². The van der Waals surface area contributed by atoms with Crippen LogP contribution in [0.25, 0.3) is 0 Å². The predicted octanol–water partition coefficient (Wildman–Crippen LogP) is 1.93. The minimum Gasteiger partial charge on any atom is -0.462 e. The smallest absolute Gasteiger partial charge is 0.340 e. The molecule has 0 saturated carbocycles. The third kappa shape index (κ3) is 2.87. The van der Waals surface area contributed by atoms with Crippen molar-refractivity contribution in [3.8, 4) is 0 Å². The maximum atomic E-state index is 11.8. The van der Waals surface area contributed by atoms with Gasteiger partial charge in [-0.2, -0.15) is 0 Å². The van der Waals surface area contributed by atoms with Gasteiger partial charge in [-0.25, -0.2) is 9.59 Å². The highest BCUT2D eigenvalue weighted by molar-refractivity contribution is 6.04. The summed E-state index contributed by atoms with van der Waals surface area (Å²) >= 11 is 0. The van der Waals surface area contributed by atoms with E-state index in [1.165, 1.54) is 6.20 Å². The molecule has 0 aromatic carbocycles. The predicted molar refractivity (Wildman–Crippen MR) is 62.1 cm³/mol.